The molecule has 4 nitrogen and oxygen atoms in total. The number of nitrogens with one attached hydrogen (secondary N) is 1. The van der Waals surface area contributed by atoms with Crippen molar-refractivity contribution >= 4 is 27.2 Å². The van der Waals surface area contributed by atoms with Crippen LogP contribution in [-0.2, 0) is 0 Å². The third kappa shape index (κ3) is 1.97. The lowest BCUT2D eigenvalue weighted by Gasteiger charge is -2.11. The highest BCUT2D eigenvalue weighted by molar-refractivity contribution is 7.17. The Morgan fingerprint density at radius 1 is 1.33 bits per heavy atom. The quantitative estimate of drug-likeness (QED) is 0.778. The van der Waals surface area contributed by atoms with E-state index in [2.05, 4.69) is 26.7 Å². The number of hydrogen-bond acceptors (Lipinski definition) is 5. The van der Waals surface area contributed by atoms with E-state index in [1.807, 2.05) is 26.1 Å². The highest BCUT2D eigenvalue weighted by Crippen LogP contribution is 2.28. The molecule has 0 aliphatic heterocycles. The van der Waals surface area contributed by atoms with E-state index in [1.165, 1.54) is 4.70 Å². The molecule has 1 N–H and O–H groups in total. The van der Waals surface area contributed by atoms with Crippen LogP contribution >= 0.6 is 11.3 Å². The summed E-state index contributed by atoms with van der Waals surface area (Å²) in [6, 6.07) is 4.09. The molecule has 0 saturated carbocycles. The van der Waals surface area contributed by atoms with Gasteiger partial charge in [-0.25, -0.2) is 9.97 Å². The van der Waals surface area contributed by atoms with E-state index < -0.39 is 0 Å². The van der Waals surface area contributed by atoms with Crippen LogP contribution in [0.3, 0.4) is 0 Å². The first-order chi connectivity index (χ1) is 8.74. The van der Waals surface area contributed by atoms with Crippen LogP contribution in [-0.4, -0.2) is 9.97 Å². The third-order valence-electron chi connectivity index (χ3n) is 2.74. The Morgan fingerprint density at radius 3 is 3.00 bits per heavy atom. The minimum absolute atomic E-state index is 0.00306. The maximum absolute atomic E-state index is 5.51. The summed E-state index contributed by atoms with van der Waals surface area (Å²) in [7, 11) is 0. The zero-order valence-corrected chi connectivity index (χ0v) is 11.0. The van der Waals surface area contributed by atoms with Gasteiger partial charge in [0.1, 0.15) is 17.6 Å². The second kappa shape index (κ2) is 4.42. The Hall–Kier alpha value is -1.88. The molecule has 3 aromatic heterocycles. The second-order valence-corrected chi connectivity index (χ2v) is 5.11. The number of oxazole rings is 1. The second-order valence-electron chi connectivity index (χ2n) is 4.17. The maximum Gasteiger partial charge on any atom is 0.216 e. The number of anilines is 1. The van der Waals surface area contributed by atoms with Gasteiger partial charge in [-0.1, -0.05) is 0 Å². The van der Waals surface area contributed by atoms with Gasteiger partial charge in [-0.15, -0.1) is 11.3 Å². The van der Waals surface area contributed by atoms with Gasteiger partial charge >= 0.3 is 0 Å². The molecule has 5 heteroatoms. The van der Waals surface area contributed by atoms with Gasteiger partial charge in [-0.05, 0) is 31.4 Å². The Morgan fingerprint density at radius 2 is 2.22 bits per heavy atom. The van der Waals surface area contributed by atoms with Crippen LogP contribution in [0.5, 0.6) is 0 Å². The Balaban J connectivity index is 1.90. The Kier molecular flexibility index (Phi) is 2.76. The normalized spacial score (nSPS) is 12.8. The predicted octanol–water partition coefficient (Wildman–Crippen LogP) is 3.77. The predicted molar refractivity (Wildman–Crippen MR) is 72.9 cm³/mol. The maximum atomic E-state index is 5.51. The summed E-state index contributed by atoms with van der Waals surface area (Å²) in [5, 5.41) is 6.54. The molecule has 0 fully saturated rings. The van der Waals surface area contributed by atoms with E-state index >= 15 is 0 Å². The summed E-state index contributed by atoms with van der Waals surface area (Å²) in [6.07, 6.45) is 3.54. The third-order valence-corrected chi connectivity index (χ3v) is 3.62. The fraction of sp³-hybridized carbons (Fsp3) is 0.231. The molecule has 0 radical (unpaired) electrons. The fourth-order valence-corrected chi connectivity index (χ4v) is 2.63. The molecule has 0 aromatic carbocycles. The van der Waals surface area contributed by atoms with E-state index in [1.54, 1.807) is 17.5 Å². The summed E-state index contributed by atoms with van der Waals surface area (Å²) in [5.41, 5.74) is 0. The molecule has 0 spiro atoms. The zero-order chi connectivity index (χ0) is 12.5. The molecule has 1 unspecified atom stereocenters. The number of hydrogen-bond donors (Lipinski definition) is 1. The van der Waals surface area contributed by atoms with Crippen molar-refractivity contribution in [2.45, 2.75) is 19.9 Å². The molecule has 3 rings (SSSR count). The molecule has 1 atom stereocenters. The molecule has 3 heterocycles. The van der Waals surface area contributed by atoms with Gasteiger partial charge in [-0.2, -0.15) is 0 Å². The highest BCUT2D eigenvalue weighted by atomic mass is 32.1. The van der Waals surface area contributed by atoms with E-state index in [9.17, 15) is 0 Å². The minimum atomic E-state index is -0.00306. The number of fused-ring (bicyclic) bond motifs is 1. The lowest BCUT2D eigenvalue weighted by Crippen LogP contribution is -2.08. The van der Waals surface area contributed by atoms with Gasteiger partial charge in [0.2, 0.25) is 5.89 Å². The number of nitrogens with zero attached hydrogens (tertiary/aromatic N) is 2. The highest BCUT2D eigenvalue weighted by Gasteiger charge is 2.13. The number of pyridine rings is 1. The molecule has 18 heavy (non-hydrogen) atoms. The Labute approximate surface area is 109 Å². The Bertz CT molecular complexity index is 673. The van der Waals surface area contributed by atoms with Crippen molar-refractivity contribution in [2.24, 2.45) is 0 Å². The van der Waals surface area contributed by atoms with Crippen LogP contribution in [0.2, 0.25) is 0 Å². The lowest BCUT2D eigenvalue weighted by atomic mass is 10.3. The average molecular weight is 259 g/mol. The summed E-state index contributed by atoms with van der Waals surface area (Å²) in [5.74, 6) is 2.37. The molecule has 92 valence electrons. The first-order valence-electron chi connectivity index (χ1n) is 5.75. The number of aryl methyl sites for hydroxylation is 1. The van der Waals surface area contributed by atoms with Crippen molar-refractivity contribution in [1.82, 2.24) is 9.97 Å². The number of rotatable bonds is 3. The summed E-state index contributed by atoms with van der Waals surface area (Å²) in [6.45, 7) is 3.90. The minimum Gasteiger partial charge on any atom is -0.444 e. The van der Waals surface area contributed by atoms with Gasteiger partial charge in [0.05, 0.1) is 6.20 Å². The SMILES string of the molecule is Cc1cnc(C(C)Nc2nccc3sccc23)o1. The van der Waals surface area contributed by atoms with Crippen molar-refractivity contribution < 1.29 is 4.42 Å². The molecule has 0 bridgehead atoms. The molecule has 3 aromatic rings. The molecule has 0 aliphatic carbocycles. The average Bonchev–Trinajstić information content (AvgIpc) is 2.97. The number of aromatic nitrogens is 2. The molecule has 0 saturated heterocycles. The summed E-state index contributed by atoms with van der Waals surface area (Å²) < 4.78 is 6.74. The smallest absolute Gasteiger partial charge is 0.216 e. The standard InChI is InChI=1S/C13H13N3OS/c1-8-7-15-13(17-8)9(2)16-12-10-4-6-18-11(10)3-5-14-12/h3-7,9H,1-2H3,(H,14,16). The van der Waals surface area contributed by atoms with Crippen LogP contribution in [0.15, 0.2) is 34.3 Å². The topological polar surface area (TPSA) is 51.0 Å². The summed E-state index contributed by atoms with van der Waals surface area (Å²) >= 11 is 1.71. The molecular formula is C13H13N3OS. The van der Waals surface area contributed by atoms with Crippen molar-refractivity contribution in [2.75, 3.05) is 5.32 Å². The van der Waals surface area contributed by atoms with Crippen LogP contribution in [0.4, 0.5) is 5.82 Å². The van der Waals surface area contributed by atoms with Gasteiger partial charge in [0.15, 0.2) is 0 Å². The molecular weight excluding hydrogens is 246 g/mol. The monoisotopic (exact) mass is 259 g/mol. The van der Waals surface area contributed by atoms with Crippen LogP contribution in [0, 0.1) is 6.92 Å². The first kappa shape index (κ1) is 11.2. The van der Waals surface area contributed by atoms with Gasteiger partial charge < -0.3 is 9.73 Å². The van der Waals surface area contributed by atoms with Crippen molar-refractivity contribution in [1.29, 1.82) is 0 Å². The molecule has 0 amide bonds. The van der Waals surface area contributed by atoms with Gasteiger partial charge in [0, 0.05) is 16.3 Å². The number of thiophene rings is 1. The zero-order valence-electron chi connectivity index (χ0n) is 10.2. The van der Waals surface area contributed by atoms with E-state index in [0.29, 0.717) is 5.89 Å². The van der Waals surface area contributed by atoms with E-state index in [0.717, 1.165) is 17.0 Å². The first-order valence-corrected chi connectivity index (χ1v) is 6.63. The van der Waals surface area contributed by atoms with Gasteiger partial charge in [0.25, 0.3) is 0 Å². The van der Waals surface area contributed by atoms with Crippen LogP contribution < -0.4 is 5.32 Å². The van der Waals surface area contributed by atoms with Crippen molar-refractivity contribution in [3.8, 4) is 0 Å². The lowest BCUT2D eigenvalue weighted by molar-refractivity contribution is 0.453. The van der Waals surface area contributed by atoms with E-state index in [4.69, 9.17) is 4.42 Å². The van der Waals surface area contributed by atoms with Crippen molar-refractivity contribution in [3.05, 3.63) is 41.6 Å². The van der Waals surface area contributed by atoms with Crippen LogP contribution in [0.1, 0.15) is 24.6 Å². The van der Waals surface area contributed by atoms with Gasteiger partial charge in [-0.3, -0.25) is 0 Å². The van der Waals surface area contributed by atoms with Crippen molar-refractivity contribution in [3.63, 3.8) is 0 Å². The fourth-order valence-electron chi connectivity index (χ4n) is 1.85. The van der Waals surface area contributed by atoms with Crippen LogP contribution in [0.25, 0.3) is 10.1 Å². The van der Waals surface area contributed by atoms with E-state index in [-0.39, 0.29) is 6.04 Å². The largest absolute Gasteiger partial charge is 0.444 e. The molecule has 0 aliphatic rings. The summed E-state index contributed by atoms with van der Waals surface area (Å²) in [4.78, 5) is 8.60.